The second-order valence-electron chi connectivity index (χ2n) is 7.10. The predicted octanol–water partition coefficient (Wildman–Crippen LogP) is 2.10. The highest BCUT2D eigenvalue weighted by molar-refractivity contribution is 6.62. The Labute approximate surface area is 125 Å². The lowest BCUT2D eigenvalue weighted by Crippen LogP contribution is -2.41. The Morgan fingerprint density at radius 2 is 1.52 bits per heavy atom. The van der Waals surface area contributed by atoms with Gasteiger partial charge in [0.15, 0.2) is 0 Å². The van der Waals surface area contributed by atoms with Crippen molar-refractivity contribution in [1.82, 2.24) is 0 Å². The molecule has 1 saturated heterocycles. The highest BCUT2D eigenvalue weighted by Crippen LogP contribution is 2.48. The molecule has 1 aliphatic heterocycles. The van der Waals surface area contributed by atoms with Crippen molar-refractivity contribution >= 4 is 18.6 Å². The highest BCUT2D eigenvalue weighted by atomic mass is 16.7. The van der Waals surface area contributed by atoms with Crippen LogP contribution in [0.25, 0.3) is 0 Å². The lowest BCUT2D eigenvalue weighted by molar-refractivity contribution is -0.140. The van der Waals surface area contributed by atoms with Crippen LogP contribution in [-0.2, 0) is 19.5 Å². The molecule has 2 fully saturated rings. The molecule has 3 rings (SSSR count). The van der Waals surface area contributed by atoms with Crippen LogP contribution in [0.4, 0.5) is 0 Å². The molecule has 0 bridgehead atoms. The van der Waals surface area contributed by atoms with E-state index >= 15 is 0 Å². The standard InChI is InChI=1S/C16H21BO4/c1-14(2)15(3,4)21-17(20-14)12-7-5-11(6-8-12)16(9-10-16)13(18)19/h5-8H,9-10H2,1-4H3,(H,18,19). The lowest BCUT2D eigenvalue weighted by atomic mass is 9.78. The number of rotatable bonds is 3. The third kappa shape index (κ3) is 2.19. The summed E-state index contributed by atoms with van der Waals surface area (Å²) in [6, 6.07) is 7.62. The molecule has 5 heteroatoms. The van der Waals surface area contributed by atoms with Crippen LogP contribution in [-0.4, -0.2) is 29.4 Å². The maximum Gasteiger partial charge on any atom is 0.494 e. The third-order valence-electron chi connectivity index (χ3n) is 5.15. The first-order valence-corrected chi connectivity index (χ1v) is 7.37. The van der Waals surface area contributed by atoms with E-state index in [1.165, 1.54) is 0 Å². The minimum atomic E-state index is -0.731. The second-order valence-corrected chi connectivity index (χ2v) is 7.10. The summed E-state index contributed by atoms with van der Waals surface area (Å²) in [5.74, 6) is -0.731. The van der Waals surface area contributed by atoms with E-state index in [1.54, 1.807) is 0 Å². The van der Waals surface area contributed by atoms with Gasteiger partial charge in [0.2, 0.25) is 0 Å². The summed E-state index contributed by atoms with van der Waals surface area (Å²) in [4.78, 5) is 11.3. The largest absolute Gasteiger partial charge is 0.494 e. The number of hydrogen-bond donors (Lipinski definition) is 1. The number of carboxylic acid groups (broad SMARTS) is 1. The van der Waals surface area contributed by atoms with Gasteiger partial charge in [-0.25, -0.2) is 0 Å². The van der Waals surface area contributed by atoms with Crippen molar-refractivity contribution in [2.45, 2.75) is 57.2 Å². The van der Waals surface area contributed by atoms with Gasteiger partial charge in [0.25, 0.3) is 0 Å². The molecule has 0 atom stereocenters. The van der Waals surface area contributed by atoms with Crippen LogP contribution >= 0.6 is 0 Å². The van der Waals surface area contributed by atoms with Gasteiger partial charge in [-0.1, -0.05) is 24.3 Å². The van der Waals surface area contributed by atoms with E-state index in [1.807, 2.05) is 52.0 Å². The van der Waals surface area contributed by atoms with E-state index < -0.39 is 18.5 Å². The van der Waals surface area contributed by atoms with Crippen molar-refractivity contribution in [3.05, 3.63) is 29.8 Å². The monoisotopic (exact) mass is 288 g/mol. The summed E-state index contributed by atoms with van der Waals surface area (Å²) in [6.45, 7) is 8.08. The first-order chi connectivity index (χ1) is 9.68. The van der Waals surface area contributed by atoms with Crippen molar-refractivity contribution in [2.75, 3.05) is 0 Å². The fraction of sp³-hybridized carbons (Fsp3) is 0.562. The molecule has 0 radical (unpaired) electrons. The second kappa shape index (κ2) is 4.34. The fourth-order valence-electron chi connectivity index (χ4n) is 2.69. The number of aliphatic carboxylic acids is 1. The average molecular weight is 288 g/mol. The molecular weight excluding hydrogens is 267 g/mol. The van der Waals surface area contributed by atoms with Crippen molar-refractivity contribution in [2.24, 2.45) is 0 Å². The van der Waals surface area contributed by atoms with Gasteiger partial charge in [0.05, 0.1) is 16.6 Å². The smallest absolute Gasteiger partial charge is 0.481 e. The molecule has 1 aliphatic carbocycles. The Morgan fingerprint density at radius 3 is 1.90 bits per heavy atom. The molecule has 1 N–H and O–H groups in total. The van der Waals surface area contributed by atoms with Gasteiger partial charge in [0.1, 0.15) is 0 Å². The predicted molar refractivity (Wildman–Crippen MR) is 80.7 cm³/mol. The normalized spacial score (nSPS) is 24.9. The molecule has 1 saturated carbocycles. The molecule has 0 amide bonds. The molecule has 4 nitrogen and oxygen atoms in total. The molecule has 0 aromatic heterocycles. The number of carbonyl (C=O) groups is 1. The summed E-state index contributed by atoms with van der Waals surface area (Å²) in [5.41, 5.74) is 0.410. The minimum Gasteiger partial charge on any atom is -0.481 e. The van der Waals surface area contributed by atoms with Crippen LogP contribution in [0, 0.1) is 0 Å². The van der Waals surface area contributed by atoms with Gasteiger partial charge < -0.3 is 14.4 Å². The molecule has 21 heavy (non-hydrogen) atoms. The maximum absolute atomic E-state index is 11.3. The summed E-state index contributed by atoms with van der Waals surface area (Å²) in [6.07, 6.45) is 1.44. The van der Waals surface area contributed by atoms with Crippen LogP contribution in [0.3, 0.4) is 0 Å². The van der Waals surface area contributed by atoms with Crippen molar-refractivity contribution in [3.63, 3.8) is 0 Å². The Balaban J connectivity index is 1.82. The Kier molecular flexibility index (Phi) is 3.02. The van der Waals surface area contributed by atoms with Gasteiger partial charge in [0, 0.05) is 0 Å². The minimum absolute atomic E-state index is 0.366. The van der Waals surface area contributed by atoms with Gasteiger partial charge >= 0.3 is 13.1 Å². The number of hydrogen-bond acceptors (Lipinski definition) is 3. The first kappa shape index (κ1) is 14.6. The van der Waals surface area contributed by atoms with Gasteiger partial charge in [-0.3, -0.25) is 4.79 Å². The molecule has 2 aliphatic rings. The third-order valence-corrected chi connectivity index (χ3v) is 5.15. The quantitative estimate of drug-likeness (QED) is 0.865. The average Bonchev–Trinajstić information content (AvgIpc) is 3.15. The maximum atomic E-state index is 11.3. The summed E-state index contributed by atoms with van der Waals surface area (Å²) in [5, 5.41) is 9.33. The van der Waals surface area contributed by atoms with Crippen LogP contribution in [0.5, 0.6) is 0 Å². The lowest BCUT2D eigenvalue weighted by Gasteiger charge is -2.32. The molecule has 0 spiro atoms. The van der Waals surface area contributed by atoms with Crippen LogP contribution < -0.4 is 5.46 Å². The molecule has 1 aromatic carbocycles. The van der Waals surface area contributed by atoms with E-state index in [9.17, 15) is 9.90 Å². The van der Waals surface area contributed by atoms with Crippen LogP contribution in [0.15, 0.2) is 24.3 Å². The summed E-state index contributed by atoms with van der Waals surface area (Å²) in [7, 11) is -0.399. The summed E-state index contributed by atoms with van der Waals surface area (Å²) < 4.78 is 12.0. The van der Waals surface area contributed by atoms with Crippen molar-refractivity contribution < 1.29 is 19.2 Å². The van der Waals surface area contributed by atoms with Gasteiger partial charge in [-0.15, -0.1) is 0 Å². The molecule has 1 heterocycles. The Morgan fingerprint density at radius 1 is 1.05 bits per heavy atom. The zero-order valence-electron chi connectivity index (χ0n) is 13.0. The van der Waals surface area contributed by atoms with Crippen molar-refractivity contribution in [3.8, 4) is 0 Å². The first-order valence-electron chi connectivity index (χ1n) is 7.37. The van der Waals surface area contributed by atoms with Crippen LogP contribution in [0.2, 0.25) is 0 Å². The highest BCUT2D eigenvalue weighted by Gasteiger charge is 2.53. The van der Waals surface area contributed by atoms with Crippen molar-refractivity contribution in [1.29, 1.82) is 0 Å². The Bertz CT molecular complexity index is 556. The van der Waals surface area contributed by atoms with E-state index in [0.717, 1.165) is 23.9 Å². The van der Waals surface area contributed by atoms with Gasteiger partial charge in [-0.05, 0) is 51.6 Å². The summed E-state index contributed by atoms with van der Waals surface area (Å²) >= 11 is 0. The fourth-order valence-corrected chi connectivity index (χ4v) is 2.69. The SMILES string of the molecule is CC1(C)OB(c2ccc(C3(C(=O)O)CC3)cc2)OC1(C)C. The molecule has 1 aromatic rings. The van der Waals surface area contributed by atoms with E-state index in [0.29, 0.717) is 0 Å². The van der Waals surface area contributed by atoms with Gasteiger partial charge in [-0.2, -0.15) is 0 Å². The number of benzene rings is 1. The molecule has 0 unspecified atom stereocenters. The molecular formula is C16H21BO4. The Hall–Kier alpha value is -1.33. The molecule has 112 valence electrons. The van der Waals surface area contributed by atoms with Crippen LogP contribution in [0.1, 0.15) is 46.1 Å². The zero-order chi connectivity index (χ0) is 15.5. The van der Waals surface area contributed by atoms with E-state index in [-0.39, 0.29) is 11.2 Å². The zero-order valence-corrected chi connectivity index (χ0v) is 13.0. The van der Waals surface area contributed by atoms with E-state index in [2.05, 4.69) is 0 Å². The topological polar surface area (TPSA) is 55.8 Å². The van der Waals surface area contributed by atoms with E-state index in [4.69, 9.17) is 9.31 Å². The number of carboxylic acids is 1.